The van der Waals surface area contributed by atoms with E-state index in [1.807, 2.05) is 0 Å². The SMILES string of the molecule is CC(C)(C)OC(=O)NC1CN2CC(C(=O)O)=C(C(=O)O)N2C1=O. The highest BCUT2D eigenvalue weighted by atomic mass is 16.6. The van der Waals surface area contributed by atoms with Crippen LogP contribution >= 0.6 is 0 Å². The van der Waals surface area contributed by atoms with E-state index < -0.39 is 41.3 Å². The molecule has 0 aromatic rings. The molecule has 1 saturated heterocycles. The number of carboxylic acids is 2. The number of amides is 2. The Kier molecular flexibility index (Phi) is 4.03. The summed E-state index contributed by atoms with van der Waals surface area (Å²) in [6.45, 7) is 4.72. The van der Waals surface area contributed by atoms with Crippen molar-refractivity contribution in [2.45, 2.75) is 32.4 Å². The van der Waals surface area contributed by atoms with Crippen molar-refractivity contribution in [1.82, 2.24) is 15.3 Å². The Morgan fingerprint density at radius 1 is 1.22 bits per heavy atom. The maximum atomic E-state index is 12.3. The van der Waals surface area contributed by atoms with Crippen LogP contribution in [0.3, 0.4) is 0 Å². The van der Waals surface area contributed by atoms with E-state index >= 15 is 0 Å². The molecule has 2 rings (SSSR count). The molecule has 0 aliphatic carbocycles. The van der Waals surface area contributed by atoms with Gasteiger partial charge in [-0.1, -0.05) is 0 Å². The van der Waals surface area contributed by atoms with E-state index in [-0.39, 0.29) is 18.7 Å². The summed E-state index contributed by atoms with van der Waals surface area (Å²) in [5.74, 6) is -3.64. The molecule has 0 aromatic carbocycles. The van der Waals surface area contributed by atoms with Gasteiger partial charge in [-0.05, 0) is 20.8 Å². The molecule has 2 amide bonds. The summed E-state index contributed by atoms with van der Waals surface area (Å²) >= 11 is 0. The van der Waals surface area contributed by atoms with Crippen LogP contribution in [0.5, 0.6) is 0 Å². The van der Waals surface area contributed by atoms with Crippen LogP contribution in [0.2, 0.25) is 0 Å². The van der Waals surface area contributed by atoms with Crippen LogP contribution in [-0.4, -0.2) is 68.9 Å². The summed E-state index contributed by atoms with van der Waals surface area (Å²) in [4.78, 5) is 46.4. The van der Waals surface area contributed by atoms with E-state index in [0.717, 1.165) is 5.01 Å². The van der Waals surface area contributed by atoms with E-state index in [9.17, 15) is 19.2 Å². The van der Waals surface area contributed by atoms with Gasteiger partial charge in [0.1, 0.15) is 11.6 Å². The van der Waals surface area contributed by atoms with Gasteiger partial charge in [0.2, 0.25) is 0 Å². The molecule has 0 saturated carbocycles. The van der Waals surface area contributed by atoms with Gasteiger partial charge >= 0.3 is 18.0 Å². The second-order valence-corrected chi connectivity index (χ2v) is 6.13. The fraction of sp³-hybridized carbons (Fsp3) is 0.538. The molecular weight excluding hydrogens is 310 g/mol. The van der Waals surface area contributed by atoms with Crippen LogP contribution in [0.15, 0.2) is 11.3 Å². The van der Waals surface area contributed by atoms with Crippen LogP contribution in [-0.2, 0) is 19.1 Å². The van der Waals surface area contributed by atoms with Gasteiger partial charge in [0.05, 0.1) is 12.1 Å². The first-order chi connectivity index (χ1) is 10.5. The van der Waals surface area contributed by atoms with E-state index in [4.69, 9.17) is 14.9 Å². The van der Waals surface area contributed by atoms with Gasteiger partial charge in [0, 0.05) is 6.54 Å². The van der Waals surface area contributed by atoms with Crippen molar-refractivity contribution in [3.05, 3.63) is 11.3 Å². The Hall–Kier alpha value is -2.62. The van der Waals surface area contributed by atoms with Crippen molar-refractivity contribution in [3.8, 4) is 0 Å². The minimum atomic E-state index is -1.52. The molecule has 3 N–H and O–H groups in total. The average Bonchev–Trinajstić information content (AvgIpc) is 2.85. The summed E-state index contributed by atoms with van der Waals surface area (Å²) in [5, 5.41) is 22.6. The predicted octanol–water partition coefficient (Wildman–Crippen LogP) is -0.624. The Bertz CT molecular complexity index is 620. The van der Waals surface area contributed by atoms with E-state index in [1.165, 1.54) is 5.01 Å². The van der Waals surface area contributed by atoms with Crippen molar-refractivity contribution in [2.75, 3.05) is 13.1 Å². The third-order valence-corrected chi connectivity index (χ3v) is 3.17. The van der Waals surface area contributed by atoms with Gasteiger partial charge in [0.15, 0.2) is 5.70 Å². The number of fused-ring (bicyclic) bond motifs is 1. The standard InChI is InChI=1S/C13H17N3O7/c1-13(2,3)23-12(22)14-7-5-15-4-6(10(18)19)8(11(20)21)16(15)9(7)17/h7H,4-5H2,1-3H3,(H,14,22)(H,18,19)(H,20,21). The monoisotopic (exact) mass is 327 g/mol. The average molecular weight is 327 g/mol. The molecule has 1 unspecified atom stereocenters. The van der Waals surface area contributed by atoms with Crippen molar-refractivity contribution >= 4 is 23.9 Å². The zero-order valence-corrected chi connectivity index (χ0v) is 12.8. The number of hydrogen-bond acceptors (Lipinski definition) is 6. The second kappa shape index (κ2) is 5.54. The molecule has 0 spiro atoms. The Morgan fingerprint density at radius 2 is 1.83 bits per heavy atom. The number of hydrogen-bond donors (Lipinski definition) is 3. The molecule has 2 heterocycles. The fourth-order valence-corrected chi connectivity index (χ4v) is 2.38. The van der Waals surface area contributed by atoms with Crippen molar-refractivity contribution < 1.29 is 34.1 Å². The number of carbonyl (C=O) groups is 4. The van der Waals surface area contributed by atoms with Crippen molar-refractivity contribution in [2.24, 2.45) is 0 Å². The first kappa shape index (κ1) is 16.7. The highest BCUT2D eigenvalue weighted by molar-refractivity contribution is 6.04. The zero-order valence-electron chi connectivity index (χ0n) is 12.8. The summed E-state index contributed by atoms with van der Waals surface area (Å²) in [7, 11) is 0. The van der Waals surface area contributed by atoms with Gasteiger partial charge < -0.3 is 20.3 Å². The predicted molar refractivity (Wildman–Crippen MR) is 73.9 cm³/mol. The van der Waals surface area contributed by atoms with Gasteiger partial charge in [-0.15, -0.1) is 0 Å². The fourth-order valence-electron chi connectivity index (χ4n) is 2.38. The van der Waals surface area contributed by atoms with Crippen LogP contribution in [0.4, 0.5) is 4.79 Å². The van der Waals surface area contributed by atoms with Crippen LogP contribution in [0.25, 0.3) is 0 Å². The van der Waals surface area contributed by atoms with Crippen LogP contribution in [0, 0.1) is 0 Å². The van der Waals surface area contributed by atoms with Crippen molar-refractivity contribution in [3.63, 3.8) is 0 Å². The highest BCUT2D eigenvalue weighted by Crippen LogP contribution is 2.29. The molecular formula is C13H17N3O7. The third-order valence-electron chi connectivity index (χ3n) is 3.17. The quantitative estimate of drug-likeness (QED) is 0.623. The maximum absolute atomic E-state index is 12.3. The second-order valence-electron chi connectivity index (χ2n) is 6.13. The zero-order chi connectivity index (χ0) is 17.5. The summed E-state index contributed by atoms with van der Waals surface area (Å²) in [6.07, 6.45) is -0.808. The number of nitrogens with one attached hydrogen (secondary N) is 1. The lowest BCUT2D eigenvalue weighted by atomic mass is 10.2. The molecule has 2 aliphatic heterocycles. The molecule has 1 atom stereocenters. The largest absolute Gasteiger partial charge is 0.478 e. The third kappa shape index (κ3) is 3.26. The molecule has 0 aromatic heterocycles. The molecule has 2 aliphatic rings. The molecule has 1 fully saturated rings. The number of aliphatic carboxylic acids is 2. The molecule has 23 heavy (non-hydrogen) atoms. The highest BCUT2D eigenvalue weighted by Gasteiger charge is 2.49. The number of carbonyl (C=O) groups excluding carboxylic acids is 2. The topological polar surface area (TPSA) is 136 Å². The smallest absolute Gasteiger partial charge is 0.408 e. The van der Waals surface area contributed by atoms with Gasteiger partial charge in [-0.2, -0.15) is 0 Å². The van der Waals surface area contributed by atoms with E-state index in [1.54, 1.807) is 20.8 Å². The number of hydrazine groups is 1. The minimum Gasteiger partial charge on any atom is -0.478 e. The summed E-state index contributed by atoms with van der Waals surface area (Å²) in [6, 6.07) is -1.01. The first-order valence-corrected chi connectivity index (χ1v) is 6.79. The lowest BCUT2D eigenvalue weighted by molar-refractivity contribution is -0.143. The van der Waals surface area contributed by atoms with Crippen molar-refractivity contribution in [1.29, 1.82) is 0 Å². The normalized spacial score (nSPS) is 21.4. The lowest BCUT2D eigenvalue weighted by Gasteiger charge is -2.21. The Morgan fingerprint density at radius 3 is 2.30 bits per heavy atom. The van der Waals surface area contributed by atoms with Gasteiger partial charge in [-0.3, -0.25) is 4.79 Å². The van der Waals surface area contributed by atoms with Gasteiger partial charge in [-0.25, -0.2) is 24.4 Å². The van der Waals surface area contributed by atoms with Gasteiger partial charge in [0.25, 0.3) is 5.91 Å². The Balaban J connectivity index is 2.16. The van der Waals surface area contributed by atoms with Crippen LogP contribution in [0.1, 0.15) is 20.8 Å². The van der Waals surface area contributed by atoms with Crippen LogP contribution < -0.4 is 5.32 Å². The molecule has 10 heteroatoms. The molecule has 10 nitrogen and oxygen atoms in total. The molecule has 0 bridgehead atoms. The summed E-state index contributed by atoms with van der Waals surface area (Å²) in [5.41, 5.74) is -1.72. The number of alkyl carbamates (subject to hydrolysis) is 1. The molecule has 0 radical (unpaired) electrons. The maximum Gasteiger partial charge on any atom is 0.408 e. The minimum absolute atomic E-state index is 0.0361. The Labute approximate surface area is 131 Å². The number of ether oxygens (including phenoxy) is 1. The summed E-state index contributed by atoms with van der Waals surface area (Å²) < 4.78 is 5.04. The molecule has 126 valence electrons. The lowest BCUT2D eigenvalue weighted by Crippen LogP contribution is -2.45. The van der Waals surface area contributed by atoms with E-state index in [2.05, 4.69) is 5.32 Å². The first-order valence-electron chi connectivity index (χ1n) is 6.79. The number of rotatable bonds is 3. The number of nitrogens with zero attached hydrogens (tertiary/aromatic N) is 2. The van der Waals surface area contributed by atoms with E-state index in [0.29, 0.717) is 0 Å². The number of carboxylic acid groups (broad SMARTS) is 2.